The van der Waals surface area contributed by atoms with Gasteiger partial charge >= 0.3 is 0 Å². The minimum Gasteiger partial charge on any atom is -0.310 e. The van der Waals surface area contributed by atoms with E-state index in [4.69, 9.17) is 0 Å². The van der Waals surface area contributed by atoms with Crippen LogP contribution in [0.25, 0.3) is 0 Å². The standard InChI is InChI=1S/C17H27BrN2/c1-2-17(15-8-6-9-16(18)14-15)19-10-7-13-20-11-4-3-5-12-20/h6,8-9,14,17,19H,2-5,7,10-13H2,1H3. The maximum atomic E-state index is 3.71. The van der Waals surface area contributed by atoms with Crippen molar-refractivity contribution in [2.45, 2.75) is 45.1 Å². The Kier molecular flexibility index (Phi) is 7.05. The lowest BCUT2D eigenvalue weighted by molar-refractivity contribution is 0.224. The van der Waals surface area contributed by atoms with E-state index in [2.05, 4.69) is 57.3 Å². The van der Waals surface area contributed by atoms with Crippen LogP contribution in [-0.4, -0.2) is 31.1 Å². The highest BCUT2D eigenvalue weighted by atomic mass is 79.9. The van der Waals surface area contributed by atoms with Crippen LogP contribution in [0.3, 0.4) is 0 Å². The minimum absolute atomic E-state index is 0.480. The lowest BCUT2D eigenvalue weighted by Crippen LogP contribution is -2.32. The van der Waals surface area contributed by atoms with Gasteiger partial charge in [0, 0.05) is 10.5 Å². The van der Waals surface area contributed by atoms with Gasteiger partial charge in [0.25, 0.3) is 0 Å². The van der Waals surface area contributed by atoms with Crippen LogP contribution in [0.1, 0.15) is 50.6 Å². The van der Waals surface area contributed by atoms with E-state index in [1.54, 1.807) is 0 Å². The van der Waals surface area contributed by atoms with Crippen molar-refractivity contribution in [3.63, 3.8) is 0 Å². The zero-order valence-corrected chi connectivity index (χ0v) is 14.2. The fourth-order valence-corrected chi connectivity index (χ4v) is 3.40. The molecule has 3 heteroatoms. The third-order valence-electron chi connectivity index (χ3n) is 4.15. The predicted molar refractivity (Wildman–Crippen MR) is 90.1 cm³/mol. The normalized spacial score (nSPS) is 18.1. The molecule has 2 nitrogen and oxygen atoms in total. The molecule has 1 aliphatic heterocycles. The zero-order chi connectivity index (χ0) is 14.2. The first kappa shape index (κ1) is 16.0. The van der Waals surface area contributed by atoms with Gasteiger partial charge in [-0.3, -0.25) is 0 Å². The first-order valence-electron chi connectivity index (χ1n) is 8.01. The van der Waals surface area contributed by atoms with Crippen LogP contribution in [0.2, 0.25) is 0 Å². The number of hydrogen-bond donors (Lipinski definition) is 1. The number of benzene rings is 1. The molecule has 1 fully saturated rings. The second-order valence-electron chi connectivity index (χ2n) is 5.73. The van der Waals surface area contributed by atoms with Gasteiger partial charge in [-0.05, 0) is 69.6 Å². The van der Waals surface area contributed by atoms with Gasteiger partial charge in [0.15, 0.2) is 0 Å². The second kappa shape index (κ2) is 8.81. The van der Waals surface area contributed by atoms with Gasteiger partial charge in [-0.25, -0.2) is 0 Å². The molecule has 1 heterocycles. The van der Waals surface area contributed by atoms with Crippen molar-refractivity contribution in [3.05, 3.63) is 34.3 Å². The third-order valence-corrected chi connectivity index (χ3v) is 4.64. The predicted octanol–water partition coefficient (Wildman–Crippen LogP) is 4.37. The van der Waals surface area contributed by atoms with Crippen LogP contribution in [0, 0.1) is 0 Å². The maximum Gasteiger partial charge on any atom is 0.0318 e. The molecule has 1 aliphatic rings. The van der Waals surface area contributed by atoms with Crippen LogP contribution in [0.15, 0.2) is 28.7 Å². The van der Waals surface area contributed by atoms with Crippen molar-refractivity contribution in [2.24, 2.45) is 0 Å². The van der Waals surface area contributed by atoms with Gasteiger partial charge < -0.3 is 10.2 Å². The highest BCUT2D eigenvalue weighted by Gasteiger charge is 2.11. The summed E-state index contributed by atoms with van der Waals surface area (Å²) >= 11 is 3.56. The third kappa shape index (κ3) is 5.19. The largest absolute Gasteiger partial charge is 0.310 e. The van der Waals surface area contributed by atoms with Crippen LogP contribution in [-0.2, 0) is 0 Å². The number of nitrogens with zero attached hydrogens (tertiary/aromatic N) is 1. The summed E-state index contributed by atoms with van der Waals surface area (Å²) in [5.41, 5.74) is 1.39. The van der Waals surface area contributed by atoms with Gasteiger partial charge in [0.2, 0.25) is 0 Å². The first-order chi connectivity index (χ1) is 9.79. The van der Waals surface area contributed by atoms with Crippen molar-refractivity contribution in [1.82, 2.24) is 10.2 Å². The van der Waals surface area contributed by atoms with E-state index < -0.39 is 0 Å². The van der Waals surface area contributed by atoms with Crippen LogP contribution in [0.4, 0.5) is 0 Å². The second-order valence-corrected chi connectivity index (χ2v) is 6.64. The molecule has 1 aromatic carbocycles. The Morgan fingerprint density at radius 2 is 2.05 bits per heavy atom. The first-order valence-corrected chi connectivity index (χ1v) is 8.80. The lowest BCUT2D eigenvalue weighted by atomic mass is 10.0. The van der Waals surface area contributed by atoms with E-state index in [1.165, 1.54) is 55.4 Å². The van der Waals surface area contributed by atoms with Crippen LogP contribution < -0.4 is 5.32 Å². The average molecular weight is 339 g/mol. The van der Waals surface area contributed by atoms with E-state index in [0.29, 0.717) is 6.04 Å². The van der Waals surface area contributed by atoms with Crippen molar-refractivity contribution in [1.29, 1.82) is 0 Å². The Morgan fingerprint density at radius 1 is 1.25 bits per heavy atom. The molecule has 1 unspecified atom stereocenters. The van der Waals surface area contributed by atoms with E-state index in [1.807, 2.05) is 0 Å². The zero-order valence-electron chi connectivity index (χ0n) is 12.6. The fourth-order valence-electron chi connectivity index (χ4n) is 2.98. The summed E-state index contributed by atoms with van der Waals surface area (Å²) in [6.07, 6.45) is 6.60. The lowest BCUT2D eigenvalue weighted by Gasteiger charge is -2.26. The smallest absolute Gasteiger partial charge is 0.0318 e. The minimum atomic E-state index is 0.480. The molecule has 0 spiro atoms. The molecule has 0 aliphatic carbocycles. The highest BCUT2D eigenvalue weighted by molar-refractivity contribution is 9.10. The molecule has 1 aromatic rings. The quantitative estimate of drug-likeness (QED) is 0.742. The summed E-state index contributed by atoms with van der Waals surface area (Å²) in [5.74, 6) is 0. The Labute approximate surface area is 132 Å². The molecule has 20 heavy (non-hydrogen) atoms. The van der Waals surface area contributed by atoms with Gasteiger partial charge in [0.05, 0.1) is 0 Å². The maximum absolute atomic E-state index is 3.71. The number of piperidine rings is 1. The van der Waals surface area contributed by atoms with Crippen molar-refractivity contribution in [2.75, 3.05) is 26.2 Å². The molecule has 1 saturated heterocycles. The number of nitrogens with one attached hydrogen (secondary N) is 1. The number of halogens is 1. The van der Waals surface area contributed by atoms with Crippen LogP contribution in [0.5, 0.6) is 0 Å². The highest BCUT2D eigenvalue weighted by Crippen LogP contribution is 2.20. The summed E-state index contributed by atoms with van der Waals surface area (Å²) in [7, 11) is 0. The summed E-state index contributed by atoms with van der Waals surface area (Å²) in [5, 5.41) is 3.71. The SMILES string of the molecule is CCC(NCCCN1CCCCC1)c1cccc(Br)c1. The van der Waals surface area contributed by atoms with E-state index in [9.17, 15) is 0 Å². The van der Waals surface area contributed by atoms with Gasteiger partial charge in [0.1, 0.15) is 0 Å². The van der Waals surface area contributed by atoms with Gasteiger partial charge in [-0.15, -0.1) is 0 Å². The number of hydrogen-bond acceptors (Lipinski definition) is 2. The molecule has 0 bridgehead atoms. The Hall–Kier alpha value is -0.380. The van der Waals surface area contributed by atoms with Crippen molar-refractivity contribution in [3.8, 4) is 0 Å². The molecule has 0 amide bonds. The van der Waals surface area contributed by atoms with Crippen molar-refractivity contribution >= 4 is 15.9 Å². The summed E-state index contributed by atoms with van der Waals surface area (Å²) in [6, 6.07) is 9.14. The average Bonchev–Trinajstić information content (AvgIpc) is 2.48. The Morgan fingerprint density at radius 3 is 2.75 bits per heavy atom. The molecule has 112 valence electrons. The fraction of sp³-hybridized carbons (Fsp3) is 0.647. The topological polar surface area (TPSA) is 15.3 Å². The molecule has 0 saturated carbocycles. The molecule has 1 atom stereocenters. The van der Waals surface area contributed by atoms with Gasteiger partial charge in [-0.1, -0.05) is 41.4 Å². The molecule has 0 aromatic heterocycles. The van der Waals surface area contributed by atoms with E-state index in [0.717, 1.165) is 13.0 Å². The summed E-state index contributed by atoms with van der Waals surface area (Å²) in [6.45, 7) is 7.23. The molecular formula is C17H27BrN2. The van der Waals surface area contributed by atoms with Gasteiger partial charge in [-0.2, -0.15) is 0 Å². The number of likely N-dealkylation sites (tertiary alicyclic amines) is 1. The summed E-state index contributed by atoms with van der Waals surface area (Å²) < 4.78 is 1.17. The monoisotopic (exact) mass is 338 g/mol. The van der Waals surface area contributed by atoms with E-state index >= 15 is 0 Å². The Bertz CT molecular complexity index is 388. The van der Waals surface area contributed by atoms with Crippen molar-refractivity contribution < 1.29 is 0 Å². The summed E-state index contributed by atoms with van der Waals surface area (Å²) in [4.78, 5) is 2.62. The Balaban J connectivity index is 1.71. The van der Waals surface area contributed by atoms with E-state index in [-0.39, 0.29) is 0 Å². The molecule has 2 rings (SSSR count). The van der Waals surface area contributed by atoms with Crippen LogP contribution >= 0.6 is 15.9 Å². The molecule has 0 radical (unpaired) electrons. The molecular weight excluding hydrogens is 312 g/mol. The number of rotatable bonds is 7. The molecule has 1 N–H and O–H groups in total.